The average Bonchev–Trinajstić information content (AvgIpc) is 2.77. The van der Waals surface area contributed by atoms with Gasteiger partial charge in [-0.25, -0.2) is 18.0 Å². The fraction of sp³-hybridized carbons (Fsp3) is 0.167. The molecule has 0 saturated heterocycles. The van der Waals surface area contributed by atoms with E-state index in [-0.39, 0.29) is 23.6 Å². The highest BCUT2D eigenvalue weighted by atomic mass is 19.2. The second-order valence-corrected chi connectivity index (χ2v) is 7.44. The number of hydrogen-bond donors (Lipinski definition) is 1. The first-order chi connectivity index (χ1) is 15.3. The van der Waals surface area contributed by atoms with Crippen molar-refractivity contribution in [2.75, 3.05) is 6.54 Å². The third-order valence-electron chi connectivity index (χ3n) is 5.30. The molecular weight excluding hydrogens is 423 g/mol. The average molecular weight is 441 g/mol. The van der Waals surface area contributed by atoms with Crippen LogP contribution in [0, 0.1) is 17.5 Å². The number of benzene rings is 3. The van der Waals surface area contributed by atoms with Gasteiger partial charge in [0.05, 0.1) is 5.56 Å². The molecule has 5 nitrogen and oxygen atoms in total. The Morgan fingerprint density at radius 3 is 2.41 bits per heavy atom. The summed E-state index contributed by atoms with van der Waals surface area (Å²) in [5.41, 5.74) is 2.18. The molecule has 32 heavy (non-hydrogen) atoms. The van der Waals surface area contributed by atoms with E-state index >= 15 is 0 Å². The van der Waals surface area contributed by atoms with Gasteiger partial charge in [0.25, 0.3) is 5.91 Å². The first-order valence-electron chi connectivity index (χ1n) is 9.82. The lowest BCUT2D eigenvalue weighted by atomic mass is 9.98. The molecule has 0 aromatic heterocycles. The zero-order valence-corrected chi connectivity index (χ0v) is 16.8. The fourth-order valence-electron chi connectivity index (χ4n) is 3.56. The number of rotatable bonds is 6. The van der Waals surface area contributed by atoms with Crippen molar-refractivity contribution in [1.29, 1.82) is 0 Å². The summed E-state index contributed by atoms with van der Waals surface area (Å²) in [5.74, 6) is -4.10. The maximum Gasteiger partial charge on any atom is 0.335 e. The Bertz CT molecular complexity index is 1190. The summed E-state index contributed by atoms with van der Waals surface area (Å²) >= 11 is 0. The van der Waals surface area contributed by atoms with E-state index in [9.17, 15) is 22.8 Å². The molecule has 4 rings (SSSR count). The van der Waals surface area contributed by atoms with Crippen molar-refractivity contribution in [2.24, 2.45) is 0 Å². The van der Waals surface area contributed by atoms with E-state index in [1.807, 2.05) is 0 Å². The molecule has 164 valence electrons. The minimum Gasteiger partial charge on any atom is -0.489 e. The molecule has 3 aromatic carbocycles. The number of carbonyl (C=O) groups excluding carboxylic acids is 1. The second-order valence-electron chi connectivity index (χ2n) is 7.44. The quantitative estimate of drug-likeness (QED) is 0.569. The Hall–Kier alpha value is -3.81. The number of nitrogens with zero attached hydrogens (tertiary/aromatic N) is 1. The van der Waals surface area contributed by atoms with E-state index in [2.05, 4.69) is 0 Å². The number of amides is 1. The monoisotopic (exact) mass is 441 g/mol. The van der Waals surface area contributed by atoms with Gasteiger partial charge in [-0.1, -0.05) is 12.1 Å². The first kappa shape index (κ1) is 21.4. The van der Waals surface area contributed by atoms with Gasteiger partial charge in [-0.2, -0.15) is 0 Å². The molecule has 0 radical (unpaired) electrons. The fourth-order valence-corrected chi connectivity index (χ4v) is 3.56. The Morgan fingerprint density at radius 1 is 0.969 bits per heavy atom. The molecule has 0 bridgehead atoms. The molecule has 3 aromatic rings. The molecule has 1 amide bonds. The van der Waals surface area contributed by atoms with Crippen LogP contribution < -0.4 is 4.74 Å². The van der Waals surface area contributed by atoms with Crippen LogP contribution in [0.4, 0.5) is 13.2 Å². The Balaban J connectivity index is 1.43. The first-order valence-corrected chi connectivity index (χ1v) is 9.82. The Labute approximate surface area is 181 Å². The predicted molar refractivity (Wildman–Crippen MR) is 109 cm³/mol. The number of fused-ring (bicyclic) bond motifs is 1. The molecule has 0 spiro atoms. The zero-order chi connectivity index (χ0) is 22.8. The predicted octanol–water partition coefficient (Wildman–Crippen LogP) is 4.58. The molecule has 0 atom stereocenters. The van der Waals surface area contributed by atoms with Crippen molar-refractivity contribution < 1.29 is 32.6 Å². The SMILES string of the molecule is O=C(O)c1ccc(CN2CCc3cc(OCc4cc(F)c(F)cc4F)ccc3C2=O)cc1. The lowest BCUT2D eigenvalue weighted by Gasteiger charge is -2.29. The van der Waals surface area contributed by atoms with E-state index in [0.29, 0.717) is 36.9 Å². The van der Waals surface area contributed by atoms with Crippen molar-refractivity contribution >= 4 is 11.9 Å². The number of carboxylic acids is 1. The summed E-state index contributed by atoms with van der Waals surface area (Å²) in [6.07, 6.45) is 0.574. The summed E-state index contributed by atoms with van der Waals surface area (Å²) < 4.78 is 45.7. The van der Waals surface area contributed by atoms with Gasteiger partial charge >= 0.3 is 5.97 Å². The summed E-state index contributed by atoms with van der Waals surface area (Å²) in [6, 6.07) is 12.5. The van der Waals surface area contributed by atoms with Gasteiger partial charge in [0.15, 0.2) is 11.6 Å². The number of ether oxygens (including phenoxy) is 1. The van der Waals surface area contributed by atoms with E-state index < -0.39 is 23.4 Å². The topological polar surface area (TPSA) is 66.8 Å². The maximum atomic E-state index is 13.8. The van der Waals surface area contributed by atoms with Crippen molar-refractivity contribution in [1.82, 2.24) is 4.90 Å². The highest BCUT2D eigenvalue weighted by molar-refractivity contribution is 5.97. The van der Waals surface area contributed by atoms with Crippen LogP contribution in [0.5, 0.6) is 5.75 Å². The van der Waals surface area contributed by atoms with Crippen LogP contribution in [-0.2, 0) is 19.6 Å². The van der Waals surface area contributed by atoms with Crippen LogP contribution in [0.2, 0.25) is 0 Å². The van der Waals surface area contributed by atoms with E-state index in [4.69, 9.17) is 9.84 Å². The molecule has 0 unspecified atom stereocenters. The minimum atomic E-state index is -1.26. The van der Waals surface area contributed by atoms with Crippen LogP contribution in [0.1, 0.15) is 37.4 Å². The number of hydrogen-bond acceptors (Lipinski definition) is 3. The normalized spacial score (nSPS) is 13.1. The van der Waals surface area contributed by atoms with Crippen molar-refractivity contribution in [3.63, 3.8) is 0 Å². The Kier molecular flexibility index (Phi) is 5.85. The number of carbonyl (C=O) groups is 2. The highest BCUT2D eigenvalue weighted by Gasteiger charge is 2.25. The molecular formula is C24H18F3NO4. The van der Waals surface area contributed by atoms with Crippen LogP contribution >= 0.6 is 0 Å². The van der Waals surface area contributed by atoms with Crippen LogP contribution in [-0.4, -0.2) is 28.4 Å². The van der Waals surface area contributed by atoms with Crippen molar-refractivity contribution in [3.8, 4) is 5.75 Å². The lowest BCUT2D eigenvalue weighted by molar-refractivity contribution is 0.0693. The molecule has 1 heterocycles. The third kappa shape index (κ3) is 4.44. The summed E-state index contributed by atoms with van der Waals surface area (Å²) in [7, 11) is 0. The smallest absolute Gasteiger partial charge is 0.335 e. The second kappa shape index (κ2) is 8.74. The molecule has 0 fully saturated rings. The standard InChI is InChI=1S/C24H18F3NO4/c25-20-11-22(27)21(26)10-17(20)13-32-18-5-6-19-16(9-18)7-8-28(23(19)29)12-14-1-3-15(4-2-14)24(30)31/h1-6,9-11H,7-8,12-13H2,(H,30,31). The molecule has 1 aliphatic heterocycles. The van der Waals surface area contributed by atoms with Crippen LogP contribution in [0.25, 0.3) is 0 Å². The van der Waals surface area contributed by atoms with Gasteiger partial charge in [0, 0.05) is 30.3 Å². The van der Waals surface area contributed by atoms with Crippen LogP contribution in [0.15, 0.2) is 54.6 Å². The van der Waals surface area contributed by atoms with E-state index in [1.54, 1.807) is 35.2 Å². The lowest BCUT2D eigenvalue weighted by Crippen LogP contribution is -2.37. The van der Waals surface area contributed by atoms with Gasteiger partial charge in [-0.05, 0) is 53.9 Å². The summed E-state index contributed by atoms with van der Waals surface area (Å²) in [4.78, 5) is 25.5. The molecule has 8 heteroatoms. The van der Waals surface area contributed by atoms with Gasteiger partial charge in [0.2, 0.25) is 0 Å². The molecule has 0 saturated carbocycles. The number of carboxylic acid groups (broad SMARTS) is 1. The number of halogens is 3. The summed E-state index contributed by atoms with van der Waals surface area (Å²) in [5, 5.41) is 8.99. The van der Waals surface area contributed by atoms with Crippen LogP contribution in [0.3, 0.4) is 0 Å². The van der Waals surface area contributed by atoms with Crippen molar-refractivity contribution in [3.05, 3.63) is 99.9 Å². The molecule has 1 N–H and O–H groups in total. The third-order valence-corrected chi connectivity index (χ3v) is 5.30. The Morgan fingerprint density at radius 2 is 1.69 bits per heavy atom. The molecule has 0 aliphatic carbocycles. The highest BCUT2D eigenvalue weighted by Crippen LogP contribution is 2.26. The summed E-state index contributed by atoms with van der Waals surface area (Å²) in [6.45, 7) is 0.536. The molecule has 1 aliphatic rings. The largest absolute Gasteiger partial charge is 0.489 e. The zero-order valence-electron chi connectivity index (χ0n) is 16.8. The van der Waals surface area contributed by atoms with Gasteiger partial charge in [-0.15, -0.1) is 0 Å². The maximum absolute atomic E-state index is 13.8. The minimum absolute atomic E-state index is 0.113. The van der Waals surface area contributed by atoms with Gasteiger partial charge < -0.3 is 14.7 Å². The van der Waals surface area contributed by atoms with E-state index in [0.717, 1.165) is 17.2 Å². The van der Waals surface area contributed by atoms with Gasteiger partial charge in [0.1, 0.15) is 18.2 Å². The van der Waals surface area contributed by atoms with E-state index in [1.165, 1.54) is 12.1 Å². The number of aromatic carboxylic acids is 1. The van der Waals surface area contributed by atoms with Crippen molar-refractivity contribution in [2.45, 2.75) is 19.6 Å². The van der Waals surface area contributed by atoms with Gasteiger partial charge in [-0.3, -0.25) is 4.79 Å².